The minimum Gasteiger partial charge on any atom is -0.545 e. The number of nitrogens with two attached hydrogens (primary N) is 1. The van der Waals surface area contributed by atoms with Crippen LogP contribution in [-0.4, -0.2) is 33.9 Å². The highest BCUT2D eigenvalue weighted by molar-refractivity contribution is 8.00. The number of nitrogens with zero attached hydrogens (tertiary/aromatic N) is 2. The Morgan fingerprint density at radius 1 is 1.41 bits per heavy atom. The zero-order valence-electron chi connectivity index (χ0n) is 11.4. The first-order valence-corrected chi connectivity index (χ1v) is 7.20. The van der Waals surface area contributed by atoms with Crippen molar-refractivity contribution in [1.82, 2.24) is 4.90 Å². The number of amides is 1. The third-order valence-corrected chi connectivity index (χ3v) is 4.79. The number of carbonyl (C=O) groups excluding carboxylic acids is 2. The van der Waals surface area contributed by atoms with Crippen molar-refractivity contribution < 1.29 is 19.3 Å². The number of rotatable bonds is 3. The zero-order valence-corrected chi connectivity index (χ0v) is 13.8. The molecule has 6 nitrogen and oxygen atoms in total. The number of fused-ring (bicyclic) bond motifs is 1. The lowest BCUT2D eigenvalue weighted by Gasteiger charge is -2.45. The lowest BCUT2D eigenvalue weighted by atomic mass is 10.1. The van der Waals surface area contributed by atoms with E-state index in [4.69, 9.17) is 5.73 Å². The highest BCUT2D eigenvalue weighted by Crippen LogP contribution is 2.34. The molecule has 22 heavy (non-hydrogen) atoms. The van der Waals surface area contributed by atoms with E-state index < -0.39 is 5.97 Å². The van der Waals surface area contributed by atoms with Gasteiger partial charge in [0.25, 0.3) is 0 Å². The molecule has 2 atom stereocenters. The van der Waals surface area contributed by atoms with Gasteiger partial charge < -0.3 is 20.5 Å². The Morgan fingerprint density at radius 2 is 2.05 bits per heavy atom. The summed E-state index contributed by atoms with van der Waals surface area (Å²) in [5, 5.41) is 10.7. The molecule has 1 fully saturated rings. The highest BCUT2D eigenvalue weighted by Gasteiger charge is 2.46. The molecule has 2 aliphatic heterocycles. The van der Waals surface area contributed by atoms with E-state index in [-0.39, 0.29) is 47.7 Å². The Morgan fingerprint density at radius 3 is 2.64 bits per heavy atom. The summed E-state index contributed by atoms with van der Waals surface area (Å²) >= 11 is 1.65. The summed E-state index contributed by atoms with van der Waals surface area (Å²) < 4.78 is 1.86. The zero-order chi connectivity index (χ0) is 14.3. The molecule has 120 valence electrons. The van der Waals surface area contributed by atoms with Crippen LogP contribution >= 0.6 is 36.6 Å². The van der Waals surface area contributed by atoms with Crippen LogP contribution in [0.25, 0.3) is 0 Å². The summed E-state index contributed by atoms with van der Waals surface area (Å²) in [6, 6.07) is 2.62. The van der Waals surface area contributed by atoms with Crippen LogP contribution in [0.15, 0.2) is 36.3 Å². The van der Waals surface area contributed by atoms with Gasteiger partial charge in [0.2, 0.25) is 5.91 Å². The minimum absolute atomic E-state index is 0. The second-order valence-electron chi connectivity index (χ2n) is 4.81. The van der Waals surface area contributed by atoms with Crippen LogP contribution in [0.5, 0.6) is 0 Å². The van der Waals surface area contributed by atoms with Crippen LogP contribution in [-0.2, 0) is 11.3 Å². The van der Waals surface area contributed by atoms with Crippen LogP contribution in [0.4, 0.5) is 0 Å². The van der Waals surface area contributed by atoms with E-state index in [2.05, 4.69) is 0 Å². The number of halogens is 2. The van der Waals surface area contributed by atoms with Gasteiger partial charge in [-0.05, 0) is 0 Å². The van der Waals surface area contributed by atoms with E-state index in [0.717, 1.165) is 11.3 Å². The number of aromatic nitrogens is 1. The van der Waals surface area contributed by atoms with Crippen molar-refractivity contribution in [3.05, 3.63) is 41.9 Å². The maximum Gasteiger partial charge on any atom is 0.247 e. The molecule has 1 aromatic heterocycles. The number of thioether (sulfide) groups is 1. The number of carbonyl (C=O) groups is 2. The summed E-state index contributed by atoms with van der Waals surface area (Å²) in [7, 11) is 0. The number of hydrogen-bond acceptors (Lipinski definition) is 5. The second kappa shape index (κ2) is 7.32. The quantitative estimate of drug-likeness (QED) is 0.566. The largest absolute Gasteiger partial charge is 0.545 e. The second-order valence-corrected chi connectivity index (χ2v) is 5.91. The van der Waals surface area contributed by atoms with Crippen molar-refractivity contribution in [2.45, 2.75) is 18.0 Å². The molecule has 2 aliphatic rings. The van der Waals surface area contributed by atoms with E-state index in [1.807, 2.05) is 10.8 Å². The standard InChI is InChI=1S/C13H13N3O3S.2ClH/c14-10-11(17)16-6-8(7-20-12(10)16)5-15-3-1-9(2-4-15)13(18)19;;/h1-4,6,10,12H,5,7,14H2;2*1H/t10?,12-;;/m0../s1. The number of pyridine rings is 1. The van der Waals surface area contributed by atoms with Gasteiger partial charge in [-0.3, -0.25) is 4.79 Å². The van der Waals surface area contributed by atoms with Crippen molar-refractivity contribution in [3.63, 3.8) is 0 Å². The molecule has 2 N–H and O–H groups in total. The average Bonchev–Trinajstić information content (AvgIpc) is 2.47. The Bertz CT molecular complexity index is 609. The van der Waals surface area contributed by atoms with Gasteiger partial charge in [-0.15, -0.1) is 36.6 Å². The van der Waals surface area contributed by atoms with E-state index in [1.165, 1.54) is 12.1 Å². The number of aromatic carboxylic acids is 1. The normalized spacial score (nSPS) is 22.5. The first-order chi connectivity index (χ1) is 9.56. The Kier molecular flexibility index (Phi) is 6.25. The topological polar surface area (TPSA) is 90.3 Å². The Hall–Kier alpha value is -1.28. The van der Waals surface area contributed by atoms with Crippen molar-refractivity contribution in [2.24, 2.45) is 5.73 Å². The summed E-state index contributed by atoms with van der Waals surface area (Å²) in [6.07, 6.45) is 5.23. The highest BCUT2D eigenvalue weighted by atomic mass is 35.5. The number of hydrogen-bond donors (Lipinski definition) is 1. The minimum atomic E-state index is -1.19. The third-order valence-electron chi connectivity index (χ3n) is 3.39. The van der Waals surface area contributed by atoms with Crippen LogP contribution in [0.1, 0.15) is 10.4 Å². The average molecular weight is 364 g/mol. The molecule has 3 heterocycles. The van der Waals surface area contributed by atoms with Gasteiger partial charge in [0, 0.05) is 35.2 Å². The fourth-order valence-electron chi connectivity index (χ4n) is 2.28. The maximum atomic E-state index is 11.6. The Balaban J connectivity index is 0.00000121. The maximum absolute atomic E-state index is 11.6. The Labute approximate surface area is 144 Å². The first-order valence-electron chi connectivity index (χ1n) is 6.15. The molecule has 0 saturated carbocycles. The summed E-state index contributed by atoms with van der Waals surface area (Å²) in [4.78, 5) is 23.9. The molecule has 3 rings (SSSR count). The monoisotopic (exact) mass is 363 g/mol. The van der Waals surface area contributed by atoms with E-state index in [1.54, 1.807) is 29.1 Å². The van der Waals surface area contributed by atoms with Gasteiger partial charge >= 0.3 is 0 Å². The molecular weight excluding hydrogens is 349 g/mol. The number of carboxylic acids is 1. The molecule has 0 bridgehead atoms. The van der Waals surface area contributed by atoms with E-state index in [0.29, 0.717) is 6.54 Å². The molecule has 1 saturated heterocycles. The molecule has 0 aliphatic carbocycles. The van der Waals surface area contributed by atoms with Gasteiger partial charge in [-0.2, -0.15) is 0 Å². The van der Waals surface area contributed by atoms with Crippen molar-refractivity contribution >= 4 is 48.5 Å². The lowest BCUT2D eigenvalue weighted by Crippen LogP contribution is -2.66. The number of carboxylic acid groups (broad SMARTS) is 1. The van der Waals surface area contributed by atoms with Crippen molar-refractivity contribution in [3.8, 4) is 0 Å². The molecule has 1 aromatic rings. The summed E-state index contributed by atoms with van der Waals surface area (Å²) in [6.45, 7) is 0.617. The van der Waals surface area contributed by atoms with Crippen LogP contribution in [0, 0.1) is 0 Å². The summed E-state index contributed by atoms with van der Waals surface area (Å²) in [5.41, 5.74) is 6.96. The van der Waals surface area contributed by atoms with Crippen LogP contribution < -0.4 is 15.4 Å². The summed E-state index contributed by atoms with van der Waals surface area (Å²) in [5.74, 6) is -0.415. The fourth-order valence-corrected chi connectivity index (χ4v) is 3.48. The fraction of sp³-hybridized carbons (Fsp3) is 0.308. The number of β-lactam (4-membered cyclic amide) rings is 1. The van der Waals surface area contributed by atoms with E-state index in [9.17, 15) is 14.7 Å². The third kappa shape index (κ3) is 3.38. The first kappa shape index (κ1) is 18.8. The van der Waals surface area contributed by atoms with Crippen molar-refractivity contribution in [1.29, 1.82) is 0 Å². The smallest absolute Gasteiger partial charge is 0.247 e. The van der Waals surface area contributed by atoms with Gasteiger partial charge in [0.05, 0.1) is 5.97 Å². The van der Waals surface area contributed by atoms with Crippen LogP contribution in [0.2, 0.25) is 0 Å². The molecule has 1 amide bonds. The van der Waals surface area contributed by atoms with Gasteiger partial charge in [-0.1, -0.05) is 0 Å². The molecule has 0 spiro atoms. The van der Waals surface area contributed by atoms with Gasteiger partial charge in [0.15, 0.2) is 18.9 Å². The van der Waals surface area contributed by atoms with Crippen LogP contribution in [0.3, 0.4) is 0 Å². The molecule has 0 radical (unpaired) electrons. The van der Waals surface area contributed by atoms with E-state index >= 15 is 0 Å². The molecular formula is C13H15Cl2N3O3S. The van der Waals surface area contributed by atoms with Gasteiger partial charge in [-0.25, -0.2) is 4.57 Å². The molecule has 0 aromatic carbocycles. The predicted molar refractivity (Wildman–Crippen MR) is 84.6 cm³/mol. The van der Waals surface area contributed by atoms with Crippen molar-refractivity contribution in [2.75, 3.05) is 5.75 Å². The lowest BCUT2D eigenvalue weighted by molar-refractivity contribution is -0.689. The van der Waals surface area contributed by atoms with Gasteiger partial charge in [0.1, 0.15) is 11.4 Å². The predicted octanol–water partition coefficient (Wildman–Crippen LogP) is -0.692. The molecule has 9 heteroatoms. The SMILES string of the molecule is Cl.Cl.NC1C(=O)N2C=C(C[n+]3ccc(C(=O)[O-])cc3)CS[C@@H]12. The molecule has 1 unspecified atom stereocenters.